The third kappa shape index (κ3) is 2.96. The summed E-state index contributed by atoms with van der Waals surface area (Å²) in [6.07, 6.45) is 2.38. The number of rotatable bonds is 3. The highest BCUT2D eigenvalue weighted by Crippen LogP contribution is 2.20. The van der Waals surface area contributed by atoms with Crippen LogP contribution in [0.2, 0.25) is 0 Å². The first-order chi connectivity index (χ1) is 12.1. The lowest BCUT2D eigenvalue weighted by Crippen LogP contribution is -2.39. The molecule has 2 aromatic rings. The van der Waals surface area contributed by atoms with Crippen molar-refractivity contribution in [3.8, 4) is 0 Å². The van der Waals surface area contributed by atoms with Crippen molar-refractivity contribution < 1.29 is 4.79 Å². The quantitative estimate of drug-likeness (QED) is 0.840. The summed E-state index contributed by atoms with van der Waals surface area (Å²) in [4.78, 5) is 16.7. The Labute approximate surface area is 146 Å². The number of nitrogens with zero attached hydrogens (tertiary/aromatic N) is 7. The van der Waals surface area contributed by atoms with Gasteiger partial charge >= 0.3 is 0 Å². The van der Waals surface area contributed by atoms with Crippen molar-refractivity contribution >= 4 is 11.7 Å². The molecule has 0 aromatic carbocycles. The zero-order valence-corrected chi connectivity index (χ0v) is 14.7. The van der Waals surface area contributed by atoms with Crippen molar-refractivity contribution in [1.29, 1.82) is 0 Å². The van der Waals surface area contributed by atoms with Gasteiger partial charge < -0.3 is 14.4 Å². The Hall–Kier alpha value is -2.51. The minimum Gasteiger partial charge on any atom is -0.355 e. The van der Waals surface area contributed by atoms with E-state index in [4.69, 9.17) is 0 Å². The molecule has 0 bridgehead atoms. The second-order valence-electron chi connectivity index (χ2n) is 6.98. The van der Waals surface area contributed by atoms with Crippen LogP contribution >= 0.6 is 0 Å². The van der Waals surface area contributed by atoms with E-state index in [1.165, 1.54) is 12.8 Å². The van der Waals surface area contributed by atoms with Crippen LogP contribution in [0.5, 0.6) is 0 Å². The molecule has 25 heavy (non-hydrogen) atoms. The summed E-state index contributed by atoms with van der Waals surface area (Å²) in [5, 5.41) is 16.9. The fourth-order valence-electron chi connectivity index (χ4n) is 3.50. The zero-order chi connectivity index (χ0) is 17.4. The molecule has 2 aliphatic heterocycles. The maximum Gasteiger partial charge on any atom is 0.274 e. The lowest BCUT2D eigenvalue weighted by molar-refractivity contribution is 0.0699. The molecule has 0 unspecified atom stereocenters. The fraction of sp³-hybridized carbons (Fsp3) is 0.588. The Kier molecular flexibility index (Phi) is 4.10. The van der Waals surface area contributed by atoms with Crippen LogP contribution in [-0.4, -0.2) is 55.4 Å². The summed E-state index contributed by atoms with van der Waals surface area (Å²) in [6, 6.07) is 3.68. The van der Waals surface area contributed by atoms with E-state index in [0.29, 0.717) is 24.7 Å². The number of fused-ring (bicyclic) bond motifs is 1. The highest BCUT2D eigenvalue weighted by molar-refractivity contribution is 5.92. The van der Waals surface area contributed by atoms with Crippen LogP contribution in [0.1, 0.15) is 54.7 Å². The SMILES string of the molecule is CC(C)c1nnc2n1CCN(C(=O)c1ccc(N3CCCC3)nn1)C2. The average molecular weight is 341 g/mol. The van der Waals surface area contributed by atoms with E-state index in [9.17, 15) is 4.79 Å². The summed E-state index contributed by atoms with van der Waals surface area (Å²) in [5.41, 5.74) is 0.389. The van der Waals surface area contributed by atoms with Crippen molar-refractivity contribution in [3.63, 3.8) is 0 Å². The molecule has 0 N–H and O–H groups in total. The van der Waals surface area contributed by atoms with Crippen LogP contribution in [-0.2, 0) is 13.1 Å². The van der Waals surface area contributed by atoms with E-state index in [0.717, 1.165) is 37.1 Å². The summed E-state index contributed by atoms with van der Waals surface area (Å²) < 4.78 is 2.12. The third-order valence-corrected chi connectivity index (χ3v) is 4.89. The van der Waals surface area contributed by atoms with Gasteiger partial charge in [-0.05, 0) is 25.0 Å². The van der Waals surface area contributed by atoms with E-state index in [2.05, 4.69) is 43.7 Å². The molecule has 2 aliphatic rings. The highest BCUT2D eigenvalue weighted by atomic mass is 16.2. The molecule has 132 valence electrons. The van der Waals surface area contributed by atoms with Crippen LogP contribution in [0.4, 0.5) is 5.82 Å². The maximum atomic E-state index is 12.7. The number of amides is 1. The van der Waals surface area contributed by atoms with Crippen LogP contribution < -0.4 is 4.90 Å². The Balaban J connectivity index is 1.47. The van der Waals surface area contributed by atoms with Crippen molar-refractivity contribution in [3.05, 3.63) is 29.5 Å². The number of carbonyl (C=O) groups is 1. The normalized spacial score (nSPS) is 17.2. The van der Waals surface area contributed by atoms with Crippen LogP contribution in [0.25, 0.3) is 0 Å². The molecule has 4 heterocycles. The number of hydrogen-bond acceptors (Lipinski definition) is 6. The van der Waals surface area contributed by atoms with Gasteiger partial charge in [0.05, 0.1) is 6.54 Å². The van der Waals surface area contributed by atoms with Crippen molar-refractivity contribution in [2.75, 3.05) is 24.5 Å². The molecule has 1 saturated heterocycles. The van der Waals surface area contributed by atoms with E-state index in [1.54, 1.807) is 11.0 Å². The number of aromatic nitrogens is 5. The first-order valence-corrected chi connectivity index (χ1v) is 8.93. The second kappa shape index (κ2) is 6.42. The summed E-state index contributed by atoms with van der Waals surface area (Å²) >= 11 is 0. The zero-order valence-electron chi connectivity index (χ0n) is 14.7. The third-order valence-electron chi connectivity index (χ3n) is 4.89. The first kappa shape index (κ1) is 16.0. The Morgan fingerprint density at radius 2 is 1.80 bits per heavy atom. The summed E-state index contributed by atoms with van der Waals surface area (Å²) in [6.45, 7) is 8.07. The monoisotopic (exact) mass is 341 g/mol. The number of hydrogen-bond donors (Lipinski definition) is 0. The number of anilines is 1. The lowest BCUT2D eigenvalue weighted by Gasteiger charge is -2.28. The smallest absolute Gasteiger partial charge is 0.274 e. The molecule has 0 saturated carbocycles. The fourth-order valence-corrected chi connectivity index (χ4v) is 3.50. The van der Waals surface area contributed by atoms with Crippen LogP contribution in [0, 0.1) is 0 Å². The van der Waals surface area contributed by atoms with Crippen molar-refractivity contribution in [1.82, 2.24) is 29.9 Å². The highest BCUT2D eigenvalue weighted by Gasteiger charge is 2.27. The van der Waals surface area contributed by atoms with E-state index in [1.807, 2.05) is 6.07 Å². The summed E-state index contributed by atoms with van der Waals surface area (Å²) in [5.74, 6) is 2.91. The van der Waals surface area contributed by atoms with E-state index < -0.39 is 0 Å². The molecular weight excluding hydrogens is 318 g/mol. The molecular formula is C17H23N7O. The molecule has 8 heteroatoms. The van der Waals surface area contributed by atoms with Gasteiger partial charge in [-0.2, -0.15) is 0 Å². The van der Waals surface area contributed by atoms with E-state index in [-0.39, 0.29) is 5.91 Å². The standard InChI is InChI=1S/C17H23N7O/c1-12(2)16-21-20-15-11-23(9-10-24(15)16)17(25)13-5-6-14(19-18-13)22-7-3-4-8-22/h5-6,12H,3-4,7-11H2,1-2H3. The number of carbonyl (C=O) groups excluding carboxylic acids is 1. The van der Waals surface area contributed by atoms with Gasteiger partial charge in [0.1, 0.15) is 5.82 Å². The van der Waals surface area contributed by atoms with Gasteiger partial charge in [0.2, 0.25) is 0 Å². The average Bonchev–Trinajstić information content (AvgIpc) is 3.30. The van der Waals surface area contributed by atoms with Gasteiger partial charge in [0.15, 0.2) is 17.3 Å². The molecule has 1 fully saturated rings. The largest absolute Gasteiger partial charge is 0.355 e. The van der Waals surface area contributed by atoms with Crippen LogP contribution in [0.3, 0.4) is 0 Å². The van der Waals surface area contributed by atoms with Crippen LogP contribution in [0.15, 0.2) is 12.1 Å². The second-order valence-corrected chi connectivity index (χ2v) is 6.98. The predicted octanol–water partition coefficient (Wildman–Crippen LogP) is 1.45. The van der Waals surface area contributed by atoms with Gasteiger partial charge in [0, 0.05) is 32.1 Å². The van der Waals surface area contributed by atoms with Crippen molar-refractivity contribution in [2.45, 2.75) is 45.7 Å². The molecule has 8 nitrogen and oxygen atoms in total. The topological polar surface area (TPSA) is 80.0 Å². The minimum absolute atomic E-state index is 0.0965. The molecule has 0 atom stereocenters. The minimum atomic E-state index is -0.0965. The van der Waals surface area contributed by atoms with Gasteiger partial charge in [-0.1, -0.05) is 13.8 Å². The Morgan fingerprint density at radius 3 is 2.48 bits per heavy atom. The van der Waals surface area contributed by atoms with Gasteiger partial charge in [-0.15, -0.1) is 20.4 Å². The maximum absolute atomic E-state index is 12.7. The van der Waals surface area contributed by atoms with Gasteiger partial charge in [0.25, 0.3) is 5.91 Å². The Bertz CT molecular complexity index is 762. The molecule has 1 amide bonds. The van der Waals surface area contributed by atoms with E-state index >= 15 is 0 Å². The molecule has 0 aliphatic carbocycles. The molecule has 2 aromatic heterocycles. The Morgan fingerprint density at radius 1 is 1.00 bits per heavy atom. The van der Waals surface area contributed by atoms with Gasteiger partial charge in [-0.3, -0.25) is 4.79 Å². The molecule has 0 spiro atoms. The predicted molar refractivity (Wildman–Crippen MR) is 92.3 cm³/mol. The molecule has 0 radical (unpaired) electrons. The lowest BCUT2D eigenvalue weighted by atomic mass is 10.2. The van der Waals surface area contributed by atoms with Crippen molar-refractivity contribution in [2.24, 2.45) is 0 Å². The molecule has 4 rings (SSSR count). The summed E-state index contributed by atoms with van der Waals surface area (Å²) in [7, 11) is 0. The van der Waals surface area contributed by atoms with Gasteiger partial charge in [-0.25, -0.2) is 0 Å². The first-order valence-electron chi connectivity index (χ1n) is 8.93.